The monoisotopic (exact) mass is 391 g/mol. The number of carbonyl (C=O) groups is 1. The molecule has 0 radical (unpaired) electrons. The van der Waals surface area contributed by atoms with Crippen molar-refractivity contribution >= 4 is 6.03 Å². The van der Waals surface area contributed by atoms with Crippen LogP contribution in [0.25, 0.3) is 5.69 Å². The molecule has 2 aliphatic heterocycles. The first-order chi connectivity index (χ1) is 14.2. The SMILES string of the molecule is CC(NC(=O)NC1CCc2ccccc2-n2ccnc21)c1nnc2n1CCCC2. The van der Waals surface area contributed by atoms with E-state index in [1.807, 2.05) is 19.2 Å². The molecule has 29 heavy (non-hydrogen) atoms. The van der Waals surface area contributed by atoms with Crippen molar-refractivity contribution in [2.24, 2.45) is 0 Å². The summed E-state index contributed by atoms with van der Waals surface area (Å²) < 4.78 is 4.22. The lowest BCUT2D eigenvalue weighted by Crippen LogP contribution is -2.40. The fraction of sp³-hybridized carbons (Fsp3) is 0.429. The van der Waals surface area contributed by atoms with Crippen molar-refractivity contribution in [3.8, 4) is 5.69 Å². The Bertz CT molecular complexity index is 1040. The Kier molecular flexibility index (Phi) is 4.54. The van der Waals surface area contributed by atoms with Crippen LogP contribution in [-0.2, 0) is 19.4 Å². The topological polar surface area (TPSA) is 89.7 Å². The highest BCUT2D eigenvalue weighted by molar-refractivity contribution is 5.74. The molecule has 2 amide bonds. The van der Waals surface area contributed by atoms with Crippen LogP contribution in [-0.4, -0.2) is 30.3 Å². The van der Waals surface area contributed by atoms with Crippen LogP contribution in [0.4, 0.5) is 4.79 Å². The second-order valence-corrected chi connectivity index (χ2v) is 7.80. The molecule has 8 nitrogen and oxygen atoms in total. The highest BCUT2D eigenvalue weighted by Crippen LogP contribution is 2.28. The molecule has 4 heterocycles. The van der Waals surface area contributed by atoms with Gasteiger partial charge in [0.25, 0.3) is 0 Å². The van der Waals surface area contributed by atoms with Crippen LogP contribution >= 0.6 is 0 Å². The molecule has 5 rings (SSSR count). The number of imidazole rings is 1. The average Bonchev–Trinajstić information content (AvgIpc) is 3.36. The second-order valence-electron chi connectivity index (χ2n) is 7.80. The maximum Gasteiger partial charge on any atom is 0.315 e. The Balaban J connectivity index is 1.31. The molecule has 2 aliphatic rings. The number of carbonyl (C=O) groups excluding carboxylic acids is 1. The van der Waals surface area contributed by atoms with Crippen molar-refractivity contribution in [2.45, 2.75) is 57.7 Å². The van der Waals surface area contributed by atoms with Gasteiger partial charge in [-0.05, 0) is 44.2 Å². The third-order valence-electron chi connectivity index (χ3n) is 5.86. The predicted octanol–water partition coefficient (Wildman–Crippen LogP) is 2.85. The van der Waals surface area contributed by atoms with E-state index >= 15 is 0 Å². The minimum absolute atomic E-state index is 0.156. The summed E-state index contributed by atoms with van der Waals surface area (Å²) in [4.78, 5) is 17.3. The van der Waals surface area contributed by atoms with Gasteiger partial charge in [-0.15, -0.1) is 10.2 Å². The van der Waals surface area contributed by atoms with Crippen LogP contribution in [0, 0.1) is 0 Å². The molecule has 3 aromatic rings. The zero-order chi connectivity index (χ0) is 19.8. The first-order valence-corrected chi connectivity index (χ1v) is 10.3. The molecule has 2 atom stereocenters. The summed E-state index contributed by atoms with van der Waals surface area (Å²) in [7, 11) is 0. The average molecular weight is 391 g/mol. The lowest BCUT2D eigenvalue weighted by atomic mass is 10.1. The number of para-hydroxylation sites is 1. The summed E-state index contributed by atoms with van der Waals surface area (Å²) in [5, 5.41) is 14.8. The molecular weight excluding hydrogens is 366 g/mol. The van der Waals surface area contributed by atoms with Gasteiger partial charge in [0.15, 0.2) is 5.82 Å². The normalized spacial score (nSPS) is 18.7. The highest BCUT2D eigenvalue weighted by Gasteiger charge is 2.26. The smallest absolute Gasteiger partial charge is 0.315 e. The summed E-state index contributed by atoms with van der Waals surface area (Å²) in [5.41, 5.74) is 2.40. The number of rotatable bonds is 3. The van der Waals surface area contributed by atoms with Crippen molar-refractivity contribution in [1.29, 1.82) is 0 Å². The number of nitrogens with zero attached hydrogens (tertiary/aromatic N) is 5. The number of fused-ring (bicyclic) bond motifs is 4. The third-order valence-corrected chi connectivity index (χ3v) is 5.86. The molecule has 2 N–H and O–H groups in total. The van der Waals surface area contributed by atoms with Gasteiger partial charge in [0.1, 0.15) is 11.6 Å². The minimum Gasteiger partial charge on any atom is -0.328 e. The number of aryl methyl sites for hydroxylation is 2. The molecule has 2 aromatic heterocycles. The molecular formula is C21H25N7O. The molecule has 0 saturated carbocycles. The summed E-state index contributed by atoms with van der Waals surface area (Å²) in [6.07, 6.45) is 8.66. The number of hydrogen-bond donors (Lipinski definition) is 2. The van der Waals surface area contributed by atoms with E-state index in [0.29, 0.717) is 0 Å². The third kappa shape index (κ3) is 3.28. The Hall–Kier alpha value is -3.16. The number of aromatic nitrogens is 5. The van der Waals surface area contributed by atoms with Crippen molar-refractivity contribution < 1.29 is 4.79 Å². The van der Waals surface area contributed by atoms with Crippen LogP contribution in [0.2, 0.25) is 0 Å². The maximum absolute atomic E-state index is 12.8. The quantitative estimate of drug-likeness (QED) is 0.718. The van der Waals surface area contributed by atoms with Gasteiger partial charge in [0.2, 0.25) is 0 Å². The number of amides is 2. The Labute approximate surface area is 169 Å². The van der Waals surface area contributed by atoms with Crippen molar-refractivity contribution in [3.05, 3.63) is 59.7 Å². The molecule has 8 heteroatoms. The van der Waals surface area contributed by atoms with Gasteiger partial charge in [0, 0.05) is 31.0 Å². The summed E-state index contributed by atoms with van der Waals surface area (Å²) in [6.45, 7) is 2.87. The molecule has 2 unspecified atom stereocenters. The highest BCUT2D eigenvalue weighted by atomic mass is 16.2. The number of hydrogen-bond acceptors (Lipinski definition) is 4. The Morgan fingerprint density at radius 3 is 3.03 bits per heavy atom. The summed E-state index contributed by atoms with van der Waals surface area (Å²) in [6, 6.07) is 7.74. The molecule has 0 fully saturated rings. The lowest BCUT2D eigenvalue weighted by molar-refractivity contribution is 0.232. The maximum atomic E-state index is 12.8. The van der Waals surface area contributed by atoms with E-state index in [1.54, 1.807) is 6.20 Å². The first kappa shape index (κ1) is 17.9. The van der Waals surface area contributed by atoms with Gasteiger partial charge in [-0.3, -0.25) is 0 Å². The molecule has 0 saturated heterocycles. The standard InChI is InChI=1S/C21H25N7O/c1-14(19-26-25-18-8-4-5-12-28(18)19)23-21(29)24-16-10-9-15-6-2-3-7-17(15)27-13-11-22-20(16)27/h2-3,6-7,11,13-14,16H,4-5,8-10,12H2,1H3,(H2,23,24,29). The largest absolute Gasteiger partial charge is 0.328 e. The molecule has 0 bridgehead atoms. The zero-order valence-corrected chi connectivity index (χ0v) is 16.5. The Morgan fingerprint density at radius 1 is 1.21 bits per heavy atom. The van der Waals surface area contributed by atoms with Crippen LogP contribution < -0.4 is 10.6 Å². The fourth-order valence-corrected chi connectivity index (χ4v) is 4.41. The van der Waals surface area contributed by atoms with Crippen LogP contribution in [0.3, 0.4) is 0 Å². The second kappa shape index (κ2) is 7.35. The Morgan fingerprint density at radius 2 is 2.10 bits per heavy atom. The molecule has 0 spiro atoms. The molecule has 0 aliphatic carbocycles. The molecule has 150 valence electrons. The van der Waals surface area contributed by atoms with Gasteiger partial charge in [0.05, 0.1) is 12.1 Å². The summed E-state index contributed by atoms with van der Waals surface area (Å²) >= 11 is 0. The van der Waals surface area contributed by atoms with E-state index in [4.69, 9.17) is 0 Å². The first-order valence-electron chi connectivity index (χ1n) is 10.3. The van der Waals surface area contributed by atoms with E-state index < -0.39 is 0 Å². The van der Waals surface area contributed by atoms with Crippen molar-refractivity contribution in [3.63, 3.8) is 0 Å². The van der Waals surface area contributed by atoms with E-state index in [9.17, 15) is 4.79 Å². The van der Waals surface area contributed by atoms with Gasteiger partial charge in [-0.25, -0.2) is 9.78 Å². The molecule has 1 aromatic carbocycles. The van der Waals surface area contributed by atoms with Crippen molar-refractivity contribution in [2.75, 3.05) is 0 Å². The number of benzene rings is 1. The van der Waals surface area contributed by atoms with Gasteiger partial charge >= 0.3 is 6.03 Å². The van der Waals surface area contributed by atoms with Crippen LogP contribution in [0.15, 0.2) is 36.7 Å². The van der Waals surface area contributed by atoms with E-state index in [2.05, 4.69) is 53.1 Å². The van der Waals surface area contributed by atoms with Gasteiger partial charge in [-0.1, -0.05) is 18.2 Å². The fourth-order valence-electron chi connectivity index (χ4n) is 4.41. The van der Waals surface area contributed by atoms with Gasteiger partial charge < -0.3 is 19.8 Å². The minimum atomic E-state index is -0.212. The van der Waals surface area contributed by atoms with Gasteiger partial charge in [-0.2, -0.15) is 0 Å². The van der Waals surface area contributed by atoms with E-state index in [1.165, 1.54) is 5.56 Å². The van der Waals surface area contributed by atoms with E-state index in [-0.39, 0.29) is 18.1 Å². The predicted molar refractivity (Wildman–Crippen MR) is 108 cm³/mol. The summed E-state index contributed by atoms with van der Waals surface area (Å²) in [5.74, 6) is 2.70. The van der Waals surface area contributed by atoms with Crippen LogP contribution in [0.5, 0.6) is 0 Å². The van der Waals surface area contributed by atoms with Crippen LogP contribution in [0.1, 0.15) is 61.3 Å². The zero-order valence-electron chi connectivity index (χ0n) is 16.5. The number of urea groups is 1. The van der Waals surface area contributed by atoms with Crippen molar-refractivity contribution in [1.82, 2.24) is 34.9 Å². The lowest BCUT2D eigenvalue weighted by Gasteiger charge is -2.21. The van der Waals surface area contributed by atoms with E-state index in [0.717, 1.165) is 61.8 Å². The number of nitrogens with one attached hydrogen (secondary N) is 2.